The van der Waals surface area contributed by atoms with Gasteiger partial charge < -0.3 is 15.6 Å². The highest BCUT2D eigenvalue weighted by atomic mass is 16.5. The Labute approximate surface area is 115 Å². The van der Waals surface area contributed by atoms with Gasteiger partial charge in [-0.25, -0.2) is 0 Å². The number of anilines is 1. The molecular weight excluding hydrogens is 240 g/mol. The first-order valence-electron chi connectivity index (χ1n) is 7.13. The van der Waals surface area contributed by atoms with E-state index < -0.39 is 0 Å². The summed E-state index contributed by atoms with van der Waals surface area (Å²) in [6, 6.07) is 8.23. The first-order chi connectivity index (χ1) is 9.29. The van der Waals surface area contributed by atoms with E-state index in [0.717, 1.165) is 30.9 Å². The maximum absolute atomic E-state index is 8.95. The van der Waals surface area contributed by atoms with Crippen LogP contribution >= 0.6 is 0 Å². The number of aliphatic hydroxyl groups excluding tert-OH is 1. The Hall–Kier alpha value is -1.26. The van der Waals surface area contributed by atoms with Gasteiger partial charge in [0, 0.05) is 37.5 Å². The van der Waals surface area contributed by atoms with Gasteiger partial charge in [0.05, 0.1) is 0 Å². The number of nitrogens with two attached hydrogens (primary N) is 1. The minimum Gasteiger partial charge on any atom is -0.492 e. The van der Waals surface area contributed by atoms with Crippen LogP contribution in [0.4, 0.5) is 5.69 Å². The van der Waals surface area contributed by atoms with Crippen molar-refractivity contribution < 1.29 is 9.84 Å². The zero-order valence-electron chi connectivity index (χ0n) is 11.4. The fourth-order valence-electron chi connectivity index (χ4n) is 2.39. The number of rotatable bonds is 8. The van der Waals surface area contributed by atoms with E-state index in [1.54, 1.807) is 0 Å². The molecule has 2 rings (SSSR count). The van der Waals surface area contributed by atoms with Crippen LogP contribution in [0.5, 0.6) is 5.75 Å². The van der Waals surface area contributed by atoms with E-state index in [1.807, 2.05) is 24.3 Å². The Morgan fingerprint density at radius 1 is 1.32 bits per heavy atom. The van der Waals surface area contributed by atoms with Crippen molar-refractivity contribution >= 4 is 5.69 Å². The van der Waals surface area contributed by atoms with Crippen molar-refractivity contribution in [2.24, 2.45) is 0 Å². The second kappa shape index (κ2) is 7.36. The van der Waals surface area contributed by atoms with Gasteiger partial charge in [-0.05, 0) is 31.4 Å². The summed E-state index contributed by atoms with van der Waals surface area (Å²) in [5.41, 5.74) is 6.45. The highest BCUT2D eigenvalue weighted by Gasteiger charge is 2.24. The monoisotopic (exact) mass is 264 g/mol. The molecule has 0 heterocycles. The molecule has 0 atom stereocenters. The average molecular weight is 264 g/mol. The Balaban J connectivity index is 1.75. The predicted molar refractivity (Wildman–Crippen MR) is 77.3 cm³/mol. The lowest BCUT2D eigenvalue weighted by molar-refractivity contribution is 0.0985. The number of nitrogen functional groups attached to an aromatic ring is 1. The molecule has 0 spiro atoms. The number of ether oxygens (including phenoxy) is 1. The SMILES string of the molecule is Nc1cccc(OCCN(CCCO)C2CCC2)c1. The molecule has 0 aliphatic heterocycles. The summed E-state index contributed by atoms with van der Waals surface area (Å²) in [5.74, 6) is 0.829. The van der Waals surface area contributed by atoms with Crippen molar-refractivity contribution in [2.45, 2.75) is 31.7 Å². The van der Waals surface area contributed by atoms with Gasteiger partial charge in [0.25, 0.3) is 0 Å². The standard InChI is InChI=1S/C15H24N2O2/c16-13-4-1-7-15(12-13)19-11-9-17(8-3-10-18)14-5-2-6-14/h1,4,7,12,14,18H,2-3,5-6,8-11,16H2. The number of hydrogen-bond acceptors (Lipinski definition) is 4. The zero-order valence-corrected chi connectivity index (χ0v) is 11.4. The summed E-state index contributed by atoms with van der Waals surface area (Å²) >= 11 is 0. The Morgan fingerprint density at radius 3 is 2.79 bits per heavy atom. The van der Waals surface area contributed by atoms with Crippen LogP contribution in [-0.4, -0.2) is 42.4 Å². The first kappa shape index (κ1) is 14.2. The van der Waals surface area contributed by atoms with Gasteiger partial charge in [0.1, 0.15) is 12.4 Å². The van der Waals surface area contributed by atoms with E-state index in [-0.39, 0.29) is 6.61 Å². The van der Waals surface area contributed by atoms with E-state index in [1.165, 1.54) is 19.3 Å². The van der Waals surface area contributed by atoms with E-state index >= 15 is 0 Å². The van der Waals surface area contributed by atoms with Crippen LogP contribution in [0, 0.1) is 0 Å². The predicted octanol–water partition coefficient (Wildman–Crippen LogP) is 1.88. The smallest absolute Gasteiger partial charge is 0.121 e. The molecule has 4 heteroatoms. The second-order valence-corrected chi connectivity index (χ2v) is 5.12. The van der Waals surface area contributed by atoms with E-state index in [2.05, 4.69) is 4.90 Å². The van der Waals surface area contributed by atoms with Crippen LogP contribution in [0.3, 0.4) is 0 Å². The minimum absolute atomic E-state index is 0.263. The summed E-state index contributed by atoms with van der Waals surface area (Å²) in [4.78, 5) is 2.44. The van der Waals surface area contributed by atoms with Gasteiger partial charge in [0.15, 0.2) is 0 Å². The number of benzene rings is 1. The molecule has 1 aromatic rings. The number of hydrogen-bond donors (Lipinski definition) is 2. The van der Waals surface area contributed by atoms with Crippen molar-refractivity contribution in [3.8, 4) is 5.75 Å². The molecule has 1 aliphatic rings. The third-order valence-electron chi connectivity index (χ3n) is 3.70. The van der Waals surface area contributed by atoms with E-state index in [9.17, 15) is 0 Å². The van der Waals surface area contributed by atoms with E-state index in [4.69, 9.17) is 15.6 Å². The largest absolute Gasteiger partial charge is 0.492 e. The second-order valence-electron chi connectivity index (χ2n) is 5.12. The summed E-state index contributed by atoms with van der Waals surface area (Å²) < 4.78 is 5.73. The van der Waals surface area contributed by atoms with Gasteiger partial charge in [-0.1, -0.05) is 12.5 Å². The van der Waals surface area contributed by atoms with Gasteiger partial charge in [0.2, 0.25) is 0 Å². The molecule has 0 saturated heterocycles. The summed E-state index contributed by atoms with van der Waals surface area (Å²) in [6.07, 6.45) is 4.73. The summed E-state index contributed by atoms with van der Waals surface area (Å²) in [6.45, 7) is 2.81. The molecule has 3 N–H and O–H groups in total. The molecule has 0 unspecified atom stereocenters. The third kappa shape index (κ3) is 4.40. The van der Waals surface area contributed by atoms with Crippen LogP contribution in [0.25, 0.3) is 0 Å². The Morgan fingerprint density at radius 2 is 2.16 bits per heavy atom. The molecule has 106 valence electrons. The quantitative estimate of drug-likeness (QED) is 0.704. The van der Waals surface area contributed by atoms with Crippen molar-refractivity contribution in [3.63, 3.8) is 0 Å². The number of nitrogens with zero attached hydrogens (tertiary/aromatic N) is 1. The van der Waals surface area contributed by atoms with Gasteiger partial charge in [-0.3, -0.25) is 4.90 Å². The molecule has 4 nitrogen and oxygen atoms in total. The average Bonchev–Trinajstić information content (AvgIpc) is 2.33. The number of aliphatic hydroxyl groups is 1. The molecule has 19 heavy (non-hydrogen) atoms. The third-order valence-corrected chi connectivity index (χ3v) is 3.70. The van der Waals surface area contributed by atoms with Crippen molar-refractivity contribution in [1.82, 2.24) is 4.90 Å². The van der Waals surface area contributed by atoms with Gasteiger partial charge >= 0.3 is 0 Å². The van der Waals surface area contributed by atoms with Crippen molar-refractivity contribution in [1.29, 1.82) is 0 Å². The van der Waals surface area contributed by atoms with E-state index in [0.29, 0.717) is 12.6 Å². The Bertz CT molecular complexity index is 380. The molecule has 0 radical (unpaired) electrons. The molecule has 0 bridgehead atoms. The summed E-state index contributed by atoms with van der Waals surface area (Å²) in [7, 11) is 0. The summed E-state index contributed by atoms with van der Waals surface area (Å²) in [5, 5.41) is 8.95. The molecule has 0 amide bonds. The lowest BCUT2D eigenvalue weighted by Gasteiger charge is -2.37. The normalized spacial score (nSPS) is 15.5. The fourth-order valence-corrected chi connectivity index (χ4v) is 2.39. The highest BCUT2D eigenvalue weighted by Crippen LogP contribution is 2.24. The maximum atomic E-state index is 8.95. The zero-order chi connectivity index (χ0) is 13.5. The molecule has 1 fully saturated rings. The van der Waals surface area contributed by atoms with Crippen molar-refractivity contribution in [2.75, 3.05) is 32.0 Å². The molecule has 1 saturated carbocycles. The lowest BCUT2D eigenvalue weighted by atomic mass is 9.91. The molecule has 1 aliphatic carbocycles. The lowest BCUT2D eigenvalue weighted by Crippen LogP contribution is -2.43. The molecule has 0 aromatic heterocycles. The fraction of sp³-hybridized carbons (Fsp3) is 0.600. The van der Waals surface area contributed by atoms with Crippen LogP contribution in [0.2, 0.25) is 0 Å². The van der Waals surface area contributed by atoms with Crippen LogP contribution < -0.4 is 10.5 Å². The minimum atomic E-state index is 0.263. The Kier molecular flexibility index (Phi) is 5.48. The van der Waals surface area contributed by atoms with Gasteiger partial charge in [-0.2, -0.15) is 0 Å². The highest BCUT2D eigenvalue weighted by molar-refractivity contribution is 5.43. The van der Waals surface area contributed by atoms with Crippen molar-refractivity contribution in [3.05, 3.63) is 24.3 Å². The van der Waals surface area contributed by atoms with Gasteiger partial charge in [-0.15, -0.1) is 0 Å². The molecule has 1 aromatic carbocycles. The first-order valence-corrected chi connectivity index (χ1v) is 7.13. The maximum Gasteiger partial charge on any atom is 0.121 e. The van der Waals surface area contributed by atoms with Crippen LogP contribution in [0.1, 0.15) is 25.7 Å². The van der Waals surface area contributed by atoms with Crippen LogP contribution in [0.15, 0.2) is 24.3 Å². The van der Waals surface area contributed by atoms with Crippen LogP contribution in [-0.2, 0) is 0 Å². The topological polar surface area (TPSA) is 58.7 Å². The molecular formula is C15H24N2O2.